The molecule has 0 aliphatic heterocycles. The molecule has 0 aromatic rings. The monoisotopic (exact) mass is 233 g/mol. The third kappa shape index (κ3) is 8.30. The Morgan fingerprint density at radius 2 is 2.07 bits per heavy atom. The summed E-state index contributed by atoms with van der Waals surface area (Å²) in [5.74, 6) is 0.645. The van der Waals surface area contributed by atoms with Crippen molar-refractivity contribution in [2.24, 2.45) is 0 Å². The highest BCUT2D eigenvalue weighted by Crippen LogP contribution is 2.05. The van der Waals surface area contributed by atoms with E-state index in [2.05, 4.69) is 12.2 Å². The van der Waals surface area contributed by atoms with Gasteiger partial charge >= 0.3 is 5.97 Å². The van der Waals surface area contributed by atoms with Crippen molar-refractivity contribution in [2.75, 3.05) is 11.5 Å². The van der Waals surface area contributed by atoms with Gasteiger partial charge in [0.25, 0.3) is 0 Å². The highest BCUT2D eigenvalue weighted by Gasteiger charge is 2.12. The van der Waals surface area contributed by atoms with E-state index in [0.29, 0.717) is 6.42 Å². The maximum atomic E-state index is 11.2. The number of thioether (sulfide) groups is 1. The smallest absolute Gasteiger partial charge is 0.325 e. The fourth-order valence-electron chi connectivity index (χ4n) is 0.889. The van der Waals surface area contributed by atoms with Crippen LogP contribution in [0, 0.1) is 0 Å². The van der Waals surface area contributed by atoms with Gasteiger partial charge in [0, 0.05) is 12.2 Å². The van der Waals surface area contributed by atoms with Crippen molar-refractivity contribution in [3.8, 4) is 0 Å². The second-order valence-corrected chi connectivity index (χ2v) is 4.57. The molecule has 0 saturated heterocycles. The lowest BCUT2D eigenvalue weighted by molar-refractivity contribution is -0.141. The zero-order valence-electron chi connectivity index (χ0n) is 9.28. The summed E-state index contributed by atoms with van der Waals surface area (Å²) < 4.78 is 0. The Balaban J connectivity index is 3.45. The van der Waals surface area contributed by atoms with E-state index in [1.54, 1.807) is 11.8 Å². The van der Waals surface area contributed by atoms with Crippen LogP contribution < -0.4 is 5.32 Å². The van der Waals surface area contributed by atoms with Gasteiger partial charge in [0.15, 0.2) is 0 Å². The highest BCUT2D eigenvalue weighted by atomic mass is 32.2. The molecule has 0 spiro atoms. The van der Waals surface area contributed by atoms with E-state index in [0.717, 1.165) is 24.3 Å². The van der Waals surface area contributed by atoms with Crippen LogP contribution in [0.4, 0.5) is 0 Å². The molecule has 1 amide bonds. The van der Waals surface area contributed by atoms with Crippen LogP contribution in [0.3, 0.4) is 0 Å². The van der Waals surface area contributed by atoms with Crippen LogP contribution in [0.25, 0.3) is 0 Å². The van der Waals surface area contributed by atoms with Gasteiger partial charge in [-0.3, -0.25) is 9.59 Å². The number of hydrogen-bond donors (Lipinski definition) is 2. The summed E-state index contributed by atoms with van der Waals surface area (Å²) in [6.07, 6.45) is 2.72. The molecule has 0 saturated carbocycles. The van der Waals surface area contributed by atoms with Crippen LogP contribution >= 0.6 is 11.8 Å². The van der Waals surface area contributed by atoms with Crippen LogP contribution in [-0.2, 0) is 9.59 Å². The van der Waals surface area contributed by atoms with Crippen molar-refractivity contribution in [1.29, 1.82) is 0 Å². The standard InChI is InChI=1S/C10H19NO3S/c1-3-4-6-15-7-5-9(12)11-8(2)10(13)14/h8H,3-7H2,1-2H3,(H,11,12)(H,13,14). The van der Waals surface area contributed by atoms with Crippen molar-refractivity contribution in [1.82, 2.24) is 5.32 Å². The van der Waals surface area contributed by atoms with E-state index < -0.39 is 12.0 Å². The van der Waals surface area contributed by atoms with E-state index in [4.69, 9.17) is 5.11 Å². The van der Waals surface area contributed by atoms with Gasteiger partial charge < -0.3 is 10.4 Å². The minimum absolute atomic E-state index is 0.186. The highest BCUT2D eigenvalue weighted by molar-refractivity contribution is 7.99. The van der Waals surface area contributed by atoms with Crippen LogP contribution in [-0.4, -0.2) is 34.5 Å². The Hall–Kier alpha value is -0.710. The molecule has 2 N–H and O–H groups in total. The number of carboxylic acids is 1. The summed E-state index contributed by atoms with van der Waals surface area (Å²) in [6, 6.07) is -0.793. The lowest BCUT2D eigenvalue weighted by Crippen LogP contribution is -2.38. The zero-order chi connectivity index (χ0) is 11.7. The van der Waals surface area contributed by atoms with Crippen molar-refractivity contribution < 1.29 is 14.7 Å². The first-order chi connectivity index (χ1) is 7.07. The maximum absolute atomic E-state index is 11.2. The van der Waals surface area contributed by atoms with Gasteiger partial charge in [-0.2, -0.15) is 11.8 Å². The summed E-state index contributed by atoms with van der Waals surface area (Å²) in [5.41, 5.74) is 0. The molecule has 0 aliphatic carbocycles. The first kappa shape index (κ1) is 14.3. The predicted molar refractivity (Wildman–Crippen MR) is 62.1 cm³/mol. The van der Waals surface area contributed by atoms with Gasteiger partial charge in [-0.05, 0) is 19.1 Å². The topological polar surface area (TPSA) is 66.4 Å². The van der Waals surface area contributed by atoms with Crippen molar-refractivity contribution in [2.45, 2.75) is 39.2 Å². The van der Waals surface area contributed by atoms with E-state index in [1.807, 2.05) is 0 Å². The molecule has 0 radical (unpaired) electrons. The molecule has 15 heavy (non-hydrogen) atoms. The third-order valence-electron chi connectivity index (χ3n) is 1.86. The van der Waals surface area contributed by atoms with Crippen LogP contribution in [0.15, 0.2) is 0 Å². The summed E-state index contributed by atoms with van der Waals surface area (Å²) in [7, 11) is 0. The first-order valence-corrected chi connectivity index (χ1v) is 6.33. The fraction of sp³-hybridized carbons (Fsp3) is 0.800. The molecule has 0 rings (SSSR count). The summed E-state index contributed by atoms with van der Waals surface area (Å²) in [6.45, 7) is 3.59. The number of hydrogen-bond acceptors (Lipinski definition) is 3. The van der Waals surface area contributed by atoms with Crippen LogP contribution in [0.5, 0.6) is 0 Å². The minimum Gasteiger partial charge on any atom is -0.480 e. The normalized spacial score (nSPS) is 12.1. The number of nitrogens with one attached hydrogen (secondary N) is 1. The van der Waals surface area contributed by atoms with E-state index >= 15 is 0 Å². The molecule has 5 heteroatoms. The number of carbonyl (C=O) groups excluding carboxylic acids is 1. The lowest BCUT2D eigenvalue weighted by Gasteiger charge is -2.08. The Morgan fingerprint density at radius 1 is 1.40 bits per heavy atom. The maximum Gasteiger partial charge on any atom is 0.325 e. The molecule has 88 valence electrons. The Kier molecular flexibility index (Phi) is 8.18. The van der Waals surface area contributed by atoms with E-state index in [9.17, 15) is 9.59 Å². The number of amides is 1. The first-order valence-electron chi connectivity index (χ1n) is 5.17. The van der Waals surface area contributed by atoms with Crippen molar-refractivity contribution in [3.05, 3.63) is 0 Å². The van der Waals surface area contributed by atoms with E-state index in [-0.39, 0.29) is 5.91 Å². The van der Waals surface area contributed by atoms with Gasteiger partial charge in [-0.1, -0.05) is 13.3 Å². The molecule has 0 heterocycles. The molecule has 0 aromatic carbocycles. The van der Waals surface area contributed by atoms with Gasteiger partial charge in [-0.15, -0.1) is 0 Å². The number of aliphatic carboxylic acids is 1. The number of rotatable bonds is 8. The molecule has 1 unspecified atom stereocenters. The summed E-state index contributed by atoms with van der Waals surface area (Å²) >= 11 is 1.73. The second kappa shape index (κ2) is 8.59. The number of carboxylic acid groups (broad SMARTS) is 1. The Bertz CT molecular complexity index is 209. The molecular weight excluding hydrogens is 214 g/mol. The van der Waals surface area contributed by atoms with Crippen molar-refractivity contribution in [3.63, 3.8) is 0 Å². The third-order valence-corrected chi connectivity index (χ3v) is 2.93. The number of unbranched alkanes of at least 4 members (excludes halogenated alkanes) is 1. The molecule has 0 fully saturated rings. The van der Waals surface area contributed by atoms with Gasteiger partial charge in [0.2, 0.25) is 5.91 Å². The average molecular weight is 233 g/mol. The lowest BCUT2D eigenvalue weighted by atomic mass is 10.3. The largest absolute Gasteiger partial charge is 0.480 e. The van der Waals surface area contributed by atoms with Gasteiger partial charge in [0.1, 0.15) is 6.04 Å². The molecular formula is C10H19NO3S. The molecule has 0 aliphatic rings. The average Bonchev–Trinajstić information content (AvgIpc) is 2.17. The van der Waals surface area contributed by atoms with Crippen LogP contribution in [0.1, 0.15) is 33.1 Å². The zero-order valence-corrected chi connectivity index (χ0v) is 10.1. The fourth-order valence-corrected chi connectivity index (χ4v) is 1.92. The van der Waals surface area contributed by atoms with Crippen LogP contribution in [0.2, 0.25) is 0 Å². The second-order valence-electron chi connectivity index (χ2n) is 3.34. The van der Waals surface area contributed by atoms with Gasteiger partial charge in [0.05, 0.1) is 0 Å². The Morgan fingerprint density at radius 3 is 2.60 bits per heavy atom. The minimum atomic E-state index is -0.998. The SMILES string of the molecule is CCCCSCCC(=O)NC(C)C(=O)O. The predicted octanol–water partition coefficient (Wildman–Crippen LogP) is 1.50. The van der Waals surface area contributed by atoms with E-state index in [1.165, 1.54) is 6.92 Å². The molecule has 0 aromatic heterocycles. The summed E-state index contributed by atoms with van der Waals surface area (Å²) in [5, 5.41) is 11.0. The number of carbonyl (C=O) groups is 2. The quantitative estimate of drug-likeness (QED) is 0.623. The van der Waals surface area contributed by atoms with Gasteiger partial charge in [-0.25, -0.2) is 0 Å². The molecule has 0 bridgehead atoms. The Labute approximate surface area is 94.8 Å². The summed E-state index contributed by atoms with van der Waals surface area (Å²) in [4.78, 5) is 21.6. The van der Waals surface area contributed by atoms with Crippen molar-refractivity contribution >= 4 is 23.6 Å². The molecule has 1 atom stereocenters. The molecule has 4 nitrogen and oxygen atoms in total.